The fraction of sp³-hybridized carbons (Fsp3) is 0.800. The van der Waals surface area contributed by atoms with Gasteiger partial charge in [0.2, 0.25) is 11.8 Å². The highest BCUT2D eigenvalue weighted by atomic mass is 16.4. The number of nitrogens with two attached hydrogens (primary N) is 1. The third kappa shape index (κ3) is 5.46. The van der Waals surface area contributed by atoms with Crippen LogP contribution in [0.2, 0.25) is 0 Å². The summed E-state index contributed by atoms with van der Waals surface area (Å²) in [5.41, 5.74) is 5.73. The average Bonchev–Trinajstić information content (AvgIpc) is 2.64. The van der Waals surface area contributed by atoms with Crippen molar-refractivity contribution in [3.8, 4) is 0 Å². The first-order valence-electron chi connectivity index (χ1n) is 10.5. The Labute approximate surface area is 169 Å². The standard InChI is InChI=1S/C20H31N3O6/c21-14(1-3-16(24)25)19(28)22-15(2-4-17(26)27)20(29)23-18-12-6-10-5-11(8-12)9-13(18)7-10/h10-15,18H,1-9,21H2,(H,22,28)(H,23,29)(H,24,25)(H,26,27)/t10?,11?,12?,13?,14-,15-,18?/m0/s1. The molecule has 0 aromatic rings. The predicted octanol–water partition coefficient (Wildman–Crippen LogP) is 0.469. The van der Waals surface area contributed by atoms with Crippen LogP contribution in [0.3, 0.4) is 0 Å². The predicted molar refractivity (Wildman–Crippen MR) is 103 cm³/mol. The molecule has 4 aliphatic rings. The Morgan fingerprint density at radius 3 is 1.86 bits per heavy atom. The number of amides is 2. The van der Waals surface area contributed by atoms with Gasteiger partial charge in [0.25, 0.3) is 0 Å². The van der Waals surface area contributed by atoms with Gasteiger partial charge in [-0.1, -0.05) is 0 Å². The van der Waals surface area contributed by atoms with E-state index in [9.17, 15) is 19.2 Å². The number of hydrogen-bond acceptors (Lipinski definition) is 5. The first-order chi connectivity index (χ1) is 13.7. The van der Waals surface area contributed by atoms with Crippen molar-refractivity contribution in [1.29, 1.82) is 0 Å². The highest BCUT2D eigenvalue weighted by molar-refractivity contribution is 5.90. The van der Waals surface area contributed by atoms with Crippen LogP contribution in [0.5, 0.6) is 0 Å². The summed E-state index contributed by atoms with van der Waals surface area (Å²) >= 11 is 0. The Hall–Kier alpha value is -2.16. The number of carbonyl (C=O) groups excluding carboxylic acids is 2. The number of aliphatic carboxylic acids is 2. The van der Waals surface area contributed by atoms with Gasteiger partial charge in [-0.05, 0) is 68.6 Å². The van der Waals surface area contributed by atoms with E-state index in [1.54, 1.807) is 0 Å². The molecule has 4 fully saturated rings. The monoisotopic (exact) mass is 409 g/mol. The van der Waals surface area contributed by atoms with E-state index in [0.717, 1.165) is 37.5 Å². The molecule has 0 aliphatic heterocycles. The van der Waals surface area contributed by atoms with Gasteiger partial charge < -0.3 is 26.6 Å². The van der Waals surface area contributed by atoms with Crippen molar-refractivity contribution in [3.05, 3.63) is 0 Å². The molecule has 0 heterocycles. The summed E-state index contributed by atoms with van der Waals surface area (Å²) in [4.78, 5) is 46.9. The number of rotatable bonds is 10. The van der Waals surface area contributed by atoms with Crippen molar-refractivity contribution < 1.29 is 29.4 Å². The molecule has 4 saturated carbocycles. The minimum Gasteiger partial charge on any atom is -0.481 e. The molecule has 9 heteroatoms. The molecule has 4 rings (SSSR count). The van der Waals surface area contributed by atoms with Gasteiger partial charge in [-0.15, -0.1) is 0 Å². The Kier molecular flexibility index (Phi) is 6.77. The Bertz CT molecular complexity index is 639. The molecular formula is C20H31N3O6. The lowest BCUT2D eigenvalue weighted by Crippen LogP contribution is -2.59. The molecule has 4 aliphatic carbocycles. The van der Waals surface area contributed by atoms with Gasteiger partial charge in [-0.3, -0.25) is 19.2 Å². The molecule has 6 N–H and O–H groups in total. The molecule has 29 heavy (non-hydrogen) atoms. The van der Waals surface area contributed by atoms with E-state index in [1.807, 2.05) is 0 Å². The maximum absolute atomic E-state index is 12.9. The van der Waals surface area contributed by atoms with E-state index in [1.165, 1.54) is 6.42 Å². The lowest BCUT2D eigenvalue weighted by atomic mass is 9.54. The molecule has 4 bridgehead atoms. The largest absolute Gasteiger partial charge is 0.481 e. The van der Waals surface area contributed by atoms with E-state index in [4.69, 9.17) is 15.9 Å². The summed E-state index contributed by atoms with van der Waals surface area (Å²) in [6.07, 6.45) is 5.22. The zero-order valence-corrected chi connectivity index (χ0v) is 16.5. The van der Waals surface area contributed by atoms with Crippen LogP contribution in [-0.2, 0) is 19.2 Å². The molecule has 9 nitrogen and oxygen atoms in total. The van der Waals surface area contributed by atoms with Crippen LogP contribution in [0.4, 0.5) is 0 Å². The van der Waals surface area contributed by atoms with Gasteiger partial charge in [0, 0.05) is 18.9 Å². The van der Waals surface area contributed by atoms with Crippen LogP contribution in [-0.4, -0.2) is 52.1 Å². The Morgan fingerprint density at radius 2 is 1.34 bits per heavy atom. The molecule has 0 aromatic carbocycles. The van der Waals surface area contributed by atoms with Crippen molar-refractivity contribution in [2.75, 3.05) is 0 Å². The van der Waals surface area contributed by atoms with Crippen LogP contribution in [0.25, 0.3) is 0 Å². The van der Waals surface area contributed by atoms with E-state index in [0.29, 0.717) is 11.8 Å². The van der Waals surface area contributed by atoms with Crippen LogP contribution >= 0.6 is 0 Å². The van der Waals surface area contributed by atoms with Gasteiger partial charge in [0.1, 0.15) is 6.04 Å². The summed E-state index contributed by atoms with van der Waals surface area (Å²) in [6.45, 7) is 0. The van der Waals surface area contributed by atoms with E-state index >= 15 is 0 Å². The zero-order chi connectivity index (χ0) is 21.1. The third-order valence-electron chi connectivity index (χ3n) is 6.82. The lowest BCUT2D eigenvalue weighted by molar-refractivity contribution is -0.139. The average molecular weight is 409 g/mol. The number of carbonyl (C=O) groups is 4. The van der Waals surface area contributed by atoms with E-state index in [2.05, 4.69) is 10.6 Å². The summed E-state index contributed by atoms with van der Waals surface area (Å²) in [6, 6.07) is -1.97. The first kappa shape index (κ1) is 21.5. The molecule has 0 saturated heterocycles. The van der Waals surface area contributed by atoms with Crippen molar-refractivity contribution in [2.45, 2.75) is 75.9 Å². The van der Waals surface area contributed by atoms with E-state index < -0.39 is 29.9 Å². The second-order valence-corrected chi connectivity index (χ2v) is 9.00. The number of carboxylic acids is 2. The van der Waals surface area contributed by atoms with Crippen LogP contribution in [0, 0.1) is 23.7 Å². The normalized spacial score (nSPS) is 31.7. The third-order valence-corrected chi connectivity index (χ3v) is 6.82. The SMILES string of the molecule is N[C@@H](CCC(=O)O)C(=O)N[C@@H](CCC(=O)O)C(=O)NC1C2CC3CC(C2)CC1C3. The second-order valence-electron chi connectivity index (χ2n) is 9.00. The van der Waals surface area contributed by atoms with Crippen LogP contribution in [0.1, 0.15) is 57.8 Å². The fourth-order valence-corrected chi connectivity index (χ4v) is 5.65. The zero-order valence-electron chi connectivity index (χ0n) is 16.5. The minimum absolute atomic E-state index is 0.0359. The maximum Gasteiger partial charge on any atom is 0.303 e. The maximum atomic E-state index is 12.9. The Balaban J connectivity index is 1.59. The van der Waals surface area contributed by atoms with Gasteiger partial charge in [0.15, 0.2) is 0 Å². The first-order valence-corrected chi connectivity index (χ1v) is 10.5. The molecule has 162 valence electrons. The molecule has 0 radical (unpaired) electrons. The van der Waals surface area contributed by atoms with Crippen LogP contribution in [0.15, 0.2) is 0 Å². The van der Waals surface area contributed by atoms with Crippen molar-refractivity contribution in [1.82, 2.24) is 10.6 Å². The molecule has 2 atom stereocenters. The number of nitrogens with one attached hydrogen (secondary N) is 2. The molecular weight excluding hydrogens is 378 g/mol. The van der Waals surface area contributed by atoms with Gasteiger partial charge in [-0.25, -0.2) is 0 Å². The fourth-order valence-electron chi connectivity index (χ4n) is 5.65. The summed E-state index contributed by atoms with van der Waals surface area (Å²) in [7, 11) is 0. The van der Waals surface area contributed by atoms with Crippen molar-refractivity contribution >= 4 is 23.8 Å². The molecule has 2 amide bonds. The Morgan fingerprint density at radius 1 is 0.828 bits per heavy atom. The quantitative estimate of drug-likeness (QED) is 0.351. The number of carboxylic acid groups (broad SMARTS) is 2. The second kappa shape index (κ2) is 9.11. The van der Waals surface area contributed by atoms with Gasteiger partial charge >= 0.3 is 11.9 Å². The smallest absolute Gasteiger partial charge is 0.303 e. The molecule has 0 aromatic heterocycles. The molecule has 0 spiro atoms. The van der Waals surface area contributed by atoms with Gasteiger partial charge in [-0.2, -0.15) is 0 Å². The summed E-state index contributed by atoms with van der Waals surface area (Å²) in [5.74, 6) is -0.671. The summed E-state index contributed by atoms with van der Waals surface area (Å²) < 4.78 is 0. The van der Waals surface area contributed by atoms with E-state index in [-0.39, 0.29) is 37.6 Å². The highest BCUT2D eigenvalue weighted by Crippen LogP contribution is 2.53. The minimum atomic E-state index is -1.06. The topological polar surface area (TPSA) is 159 Å². The van der Waals surface area contributed by atoms with Crippen molar-refractivity contribution in [3.63, 3.8) is 0 Å². The summed E-state index contributed by atoms with van der Waals surface area (Å²) in [5, 5.41) is 23.3. The molecule has 0 unspecified atom stereocenters. The van der Waals surface area contributed by atoms with Gasteiger partial charge in [0.05, 0.1) is 6.04 Å². The lowest BCUT2D eigenvalue weighted by Gasteiger charge is -2.54. The highest BCUT2D eigenvalue weighted by Gasteiger charge is 2.49. The van der Waals surface area contributed by atoms with Crippen molar-refractivity contribution in [2.24, 2.45) is 29.4 Å². The van der Waals surface area contributed by atoms with Crippen LogP contribution < -0.4 is 16.4 Å². The number of hydrogen-bond donors (Lipinski definition) is 5.